The minimum atomic E-state index is -0.172. The van der Waals surface area contributed by atoms with Crippen molar-refractivity contribution < 1.29 is 9.53 Å². The summed E-state index contributed by atoms with van der Waals surface area (Å²) in [5.41, 5.74) is 0. The molecular formula is C16H28O2. The van der Waals surface area contributed by atoms with Gasteiger partial charge < -0.3 is 4.74 Å². The smallest absolute Gasteiger partial charge is 0.330 e. The highest BCUT2D eigenvalue weighted by Gasteiger charge is 2.06. The van der Waals surface area contributed by atoms with E-state index in [0.717, 1.165) is 12.8 Å². The van der Waals surface area contributed by atoms with E-state index in [-0.39, 0.29) is 12.1 Å². The summed E-state index contributed by atoms with van der Waals surface area (Å²) in [5.74, 6) is -0.172. The number of hydrogen-bond donors (Lipinski definition) is 0. The molecule has 0 spiro atoms. The topological polar surface area (TPSA) is 26.3 Å². The van der Waals surface area contributed by atoms with Crippen LogP contribution in [0.15, 0.2) is 12.2 Å². The first-order chi connectivity index (χ1) is 8.79. The van der Waals surface area contributed by atoms with Crippen LogP contribution in [0.4, 0.5) is 0 Å². The summed E-state index contributed by atoms with van der Waals surface area (Å²) < 4.78 is 5.33. The van der Waals surface area contributed by atoms with Crippen LogP contribution in [0.1, 0.15) is 77.6 Å². The van der Waals surface area contributed by atoms with Gasteiger partial charge >= 0.3 is 5.97 Å². The highest BCUT2D eigenvalue weighted by atomic mass is 16.5. The number of esters is 1. The normalized spacial score (nSPS) is 25.6. The molecule has 1 rings (SSSR count). The summed E-state index contributed by atoms with van der Waals surface area (Å²) in [5, 5.41) is 0. The molecule has 0 radical (unpaired) electrons. The zero-order valence-corrected chi connectivity index (χ0v) is 11.8. The molecule has 0 aromatic heterocycles. The van der Waals surface area contributed by atoms with E-state index < -0.39 is 0 Å². The minimum Gasteiger partial charge on any atom is -0.460 e. The summed E-state index contributed by atoms with van der Waals surface area (Å²) in [6.45, 7) is 1.99. The lowest BCUT2D eigenvalue weighted by Crippen LogP contribution is -2.12. The Labute approximate surface area is 112 Å². The fourth-order valence-electron chi connectivity index (χ4n) is 2.41. The molecule has 2 nitrogen and oxygen atoms in total. The summed E-state index contributed by atoms with van der Waals surface area (Å²) in [7, 11) is 0. The van der Waals surface area contributed by atoms with Crippen molar-refractivity contribution in [1.29, 1.82) is 0 Å². The third kappa shape index (κ3) is 8.32. The van der Waals surface area contributed by atoms with Crippen molar-refractivity contribution in [2.75, 3.05) is 0 Å². The zero-order chi connectivity index (χ0) is 13.1. The van der Waals surface area contributed by atoms with Crippen LogP contribution in [0.3, 0.4) is 0 Å². The lowest BCUT2D eigenvalue weighted by atomic mass is 10.0. The van der Waals surface area contributed by atoms with Crippen molar-refractivity contribution in [2.24, 2.45) is 0 Å². The van der Waals surface area contributed by atoms with Crippen molar-refractivity contribution in [3.8, 4) is 0 Å². The average Bonchev–Trinajstić information content (AvgIpc) is 2.33. The third-order valence-electron chi connectivity index (χ3n) is 3.55. The van der Waals surface area contributed by atoms with Crippen LogP contribution in [-0.2, 0) is 9.53 Å². The van der Waals surface area contributed by atoms with Crippen LogP contribution < -0.4 is 0 Å². The molecule has 0 aromatic rings. The van der Waals surface area contributed by atoms with Crippen LogP contribution in [0, 0.1) is 0 Å². The van der Waals surface area contributed by atoms with E-state index >= 15 is 0 Å². The molecule has 1 aliphatic heterocycles. The number of carbonyl (C=O) groups excluding carboxylic acids is 1. The predicted molar refractivity (Wildman–Crippen MR) is 75.5 cm³/mol. The highest BCUT2D eigenvalue weighted by Crippen LogP contribution is 2.13. The average molecular weight is 252 g/mol. The first-order valence-electron chi connectivity index (χ1n) is 7.66. The first-order valence-corrected chi connectivity index (χ1v) is 7.66. The largest absolute Gasteiger partial charge is 0.460 e. The first kappa shape index (κ1) is 15.3. The van der Waals surface area contributed by atoms with E-state index in [1.54, 1.807) is 6.08 Å². The quantitative estimate of drug-likeness (QED) is 0.580. The van der Waals surface area contributed by atoms with Crippen LogP contribution in [0.5, 0.6) is 0 Å². The van der Waals surface area contributed by atoms with E-state index in [1.165, 1.54) is 57.8 Å². The second kappa shape index (κ2) is 10.2. The monoisotopic (exact) mass is 252 g/mol. The summed E-state index contributed by atoms with van der Waals surface area (Å²) in [6.07, 6.45) is 17.4. The maximum Gasteiger partial charge on any atom is 0.330 e. The molecular weight excluding hydrogens is 224 g/mol. The van der Waals surface area contributed by atoms with Gasteiger partial charge in [-0.3, -0.25) is 0 Å². The van der Waals surface area contributed by atoms with Gasteiger partial charge in [-0.25, -0.2) is 4.79 Å². The van der Waals surface area contributed by atoms with Crippen LogP contribution in [0.2, 0.25) is 0 Å². The van der Waals surface area contributed by atoms with Crippen molar-refractivity contribution in [3.63, 3.8) is 0 Å². The fraction of sp³-hybridized carbons (Fsp3) is 0.812. The molecule has 1 unspecified atom stereocenters. The molecule has 1 aliphatic rings. The maximum atomic E-state index is 11.5. The second-order valence-electron chi connectivity index (χ2n) is 5.41. The molecule has 1 atom stereocenters. The summed E-state index contributed by atoms with van der Waals surface area (Å²) in [4.78, 5) is 11.5. The van der Waals surface area contributed by atoms with Gasteiger partial charge in [-0.1, -0.05) is 51.0 Å². The van der Waals surface area contributed by atoms with Gasteiger partial charge in [-0.05, 0) is 32.6 Å². The van der Waals surface area contributed by atoms with Gasteiger partial charge in [0.25, 0.3) is 0 Å². The molecule has 0 fully saturated rings. The SMILES string of the molecule is CC1CCCCCCCCCCCC=CC(=O)O1. The maximum absolute atomic E-state index is 11.5. The fourth-order valence-corrected chi connectivity index (χ4v) is 2.41. The number of ether oxygens (including phenoxy) is 1. The minimum absolute atomic E-state index is 0.0649. The van der Waals surface area contributed by atoms with E-state index in [9.17, 15) is 4.79 Å². The number of carbonyl (C=O) groups is 1. The summed E-state index contributed by atoms with van der Waals surface area (Å²) in [6, 6.07) is 0. The van der Waals surface area contributed by atoms with E-state index in [4.69, 9.17) is 4.74 Å². The standard InChI is InChI=1S/C16H28O2/c1-15-13-11-9-7-5-3-2-4-6-8-10-12-14-16(17)18-15/h12,14-15H,2-11,13H2,1H3. The van der Waals surface area contributed by atoms with Crippen molar-refractivity contribution in [1.82, 2.24) is 0 Å². The molecule has 104 valence electrons. The van der Waals surface area contributed by atoms with Gasteiger partial charge in [0.1, 0.15) is 0 Å². The molecule has 2 heteroatoms. The van der Waals surface area contributed by atoms with Gasteiger partial charge in [0.2, 0.25) is 0 Å². The van der Waals surface area contributed by atoms with Crippen molar-refractivity contribution in [2.45, 2.75) is 83.7 Å². The second-order valence-corrected chi connectivity index (χ2v) is 5.41. The number of rotatable bonds is 0. The third-order valence-corrected chi connectivity index (χ3v) is 3.55. The Hall–Kier alpha value is -0.790. The Morgan fingerprint density at radius 3 is 2.17 bits per heavy atom. The van der Waals surface area contributed by atoms with Crippen molar-refractivity contribution in [3.05, 3.63) is 12.2 Å². The lowest BCUT2D eigenvalue weighted by Gasteiger charge is -2.11. The molecule has 1 heterocycles. The van der Waals surface area contributed by atoms with Gasteiger partial charge in [0.05, 0.1) is 6.10 Å². The number of hydrogen-bond acceptors (Lipinski definition) is 2. The Kier molecular flexibility index (Phi) is 8.62. The molecule has 0 aliphatic carbocycles. The van der Waals surface area contributed by atoms with Gasteiger partial charge in [-0.15, -0.1) is 0 Å². The van der Waals surface area contributed by atoms with E-state index in [2.05, 4.69) is 0 Å². The highest BCUT2D eigenvalue weighted by molar-refractivity contribution is 5.81. The molecule has 0 saturated carbocycles. The number of allylic oxidation sites excluding steroid dienone is 1. The molecule has 0 amide bonds. The zero-order valence-electron chi connectivity index (χ0n) is 11.8. The Balaban J connectivity index is 2.30. The molecule has 0 aromatic carbocycles. The van der Waals surface area contributed by atoms with Gasteiger partial charge in [-0.2, -0.15) is 0 Å². The Morgan fingerprint density at radius 1 is 0.944 bits per heavy atom. The molecule has 0 saturated heterocycles. The molecule has 0 bridgehead atoms. The van der Waals surface area contributed by atoms with Gasteiger partial charge in [0.15, 0.2) is 0 Å². The molecule has 0 N–H and O–H groups in total. The van der Waals surface area contributed by atoms with Crippen LogP contribution in [0.25, 0.3) is 0 Å². The van der Waals surface area contributed by atoms with Crippen LogP contribution >= 0.6 is 0 Å². The Morgan fingerprint density at radius 2 is 1.50 bits per heavy atom. The van der Waals surface area contributed by atoms with E-state index in [0.29, 0.717) is 0 Å². The van der Waals surface area contributed by atoms with E-state index in [1.807, 2.05) is 13.0 Å². The van der Waals surface area contributed by atoms with Gasteiger partial charge in [0, 0.05) is 6.08 Å². The predicted octanol–water partition coefficient (Wildman–Crippen LogP) is 4.78. The van der Waals surface area contributed by atoms with Crippen LogP contribution in [-0.4, -0.2) is 12.1 Å². The lowest BCUT2D eigenvalue weighted by molar-refractivity contribution is -0.142. The number of cyclic esters (lactones) is 1. The Bertz CT molecular complexity index is 245. The summed E-state index contributed by atoms with van der Waals surface area (Å²) >= 11 is 0. The molecule has 18 heavy (non-hydrogen) atoms. The van der Waals surface area contributed by atoms with Crippen molar-refractivity contribution >= 4 is 5.97 Å².